The summed E-state index contributed by atoms with van der Waals surface area (Å²) in [7, 11) is 1.81. The maximum Gasteiger partial charge on any atom is 0.275 e. The Morgan fingerprint density at radius 1 is 1.48 bits per heavy atom. The molecule has 1 amide bonds. The van der Waals surface area contributed by atoms with E-state index in [1.54, 1.807) is 9.58 Å². The number of para-hydroxylation sites is 1. The van der Waals surface area contributed by atoms with E-state index in [1.165, 1.54) is 0 Å². The first-order valence-electron chi connectivity index (χ1n) is 6.83. The number of carbonyl (C=O) groups is 1. The lowest BCUT2D eigenvalue weighted by atomic mass is 10.1. The number of benzene rings is 1. The molecule has 3 N–H and O–H groups in total. The fraction of sp³-hybridized carbons (Fsp3) is 0.357. The largest absolute Gasteiger partial charge is 0.409 e. The second-order valence-electron chi connectivity index (χ2n) is 5.17. The first-order chi connectivity index (χ1) is 10.1. The number of rotatable bonds is 2. The van der Waals surface area contributed by atoms with Crippen LogP contribution < -0.4 is 5.73 Å². The van der Waals surface area contributed by atoms with Gasteiger partial charge in [-0.25, -0.2) is 0 Å². The number of amides is 1. The molecule has 1 fully saturated rings. The van der Waals surface area contributed by atoms with E-state index in [0.717, 1.165) is 17.3 Å². The van der Waals surface area contributed by atoms with Crippen molar-refractivity contribution in [1.29, 1.82) is 0 Å². The maximum atomic E-state index is 12.8. The number of nitrogens with two attached hydrogens (primary N) is 1. The summed E-state index contributed by atoms with van der Waals surface area (Å²) in [4.78, 5) is 14.4. The molecule has 3 rings (SSSR count). The number of nitrogens with zero attached hydrogens (tertiary/aromatic N) is 4. The smallest absolute Gasteiger partial charge is 0.275 e. The molecular formula is C14H17N5O2. The Balaban J connectivity index is 2.01. The van der Waals surface area contributed by atoms with Crippen molar-refractivity contribution in [3.63, 3.8) is 0 Å². The summed E-state index contributed by atoms with van der Waals surface area (Å²) in [6.45, 7) is 0.588. The van der Waals surface area contributed by atoms with E-state index in [9.17, 15) is 4.79 Å². The molecular weight excluding hydrogens is 270 g/mol. The maximum absolute atomic E-state index is 12.8. The highest BCUT2D eigenvalue weighted by Crippen LogP contribution is 2.24. The van der Waals surface area contributed by atoms with E-state index in [-0.39, 0.29) is 17.8 Å². The number of hydrogen-bond donors (Lipinski definition) is 2. The molecule has 1 aliphatic heterocycles. The lowest BCUT2D eigenvalue weighted by Crippen LogP contribution is -2.44. The van der Waals surface area contributed by atoms with Gasteiger partial charge in [-0.1, -0.05) is 23.4 Å². The van der Waals surface area contributed by atoms with Crippen LogP contribution >= 0.6 is 0 Å². The lowest BCUT2D eigenvalue weighted by molar-refractivity contribution is 0.0763. The highest BCUT2D eigenvalue weighted by atomic mass is 16.4. The molecule has 1 aromatic carbocycles. The first kappa shape index (κ1) is 13.4. The summed E-state index contributed by atoms with van der Waals surface area (Å²) in [6.07, 6.45) is 1.53. The van der Waals surface area contributed by atoms with Gasteiger partial charge >= 0.3 is 0 Å². The van der Waals surface area contributed by atoms with Crippen molar-refractivity contribution in [3.8, 4) is 0 Å². The molecule has 0 saturated carbocycles. The molecule has 1 atom stereocenters. The zero-order chi connectivity index (χ0) is 15.0. The quantitative estimate of drug-likeness (QED) is 0.371. The molecule has 2 aromatic rings. The number of aromatic nitrogens is 2. The molecule has 2 heterocycles. The fourth-order valence-corrected chi connectivity index (χ4v) is 2.89. The lowest BCUT2D eigenvalue weighted by Gasteiger charge is -2.22. The van der Waals surface area contributed by atoms with E-state index >= 15 is 0 Å². The van der Waals surface area contributed by atoms with Crippen molar-refractivity contribution in [1.82, 2.24) is 14.7 Å². The monoisotopic (exact) mass is 287 g/mol. The van der Waals surface area contributed by atoms with E-state index < -0.39 is 0 Å². The molecule has 7 heteroatoms. The third-order valence-corrected chi connectivity index (χ3v) is 3.93. The van der Waals surface area contributed by atoms with Crippen LogP contribution in [0.2, 0.25) is 0 Å². The highest BCUT2D eigenvalue weighted by molar-refractivity contribution is 6.06. The van der Waals surface area contributed by atoms with Crippen LogP contribution in [0.4, 0.5) is 0 Å². The first-order valence-corrected chi connectivity index (χ1v) is 6.83. The van der Waals surface area contributed by atoms with Crippen LogP contribution in [0.1, 0.15) is 23.3 Å². The van der Waals surface area contributed by atoms with E-state index in [2.05, 4.69) is 10.3 Å². The van der Waals surface area contributed by atoms with Crippen LogP contribution in [0.3, 0.4) is 0 Å². The van der Waals surface area contributed by atoms with Gasteiger partial charge in [-0.05, 0) is 18.9 Å². The third-order valence-electron chi connectivity index (χ3n) is 3.93. The Hall–Kier alpha value is -2.57. The Bertz CT molecular complexity index is 721. The van der Waals surface area contributed by atoms with Gasteiger partial charge in [0.2, 0.25) is 0 Å². The number of carbonyl (C=O) groups excluding carboxylic acids is 1. The van der Waals surface area contributed by atoms with Crippen molar-refractivity contribution < 1.29 is 10.0 Å². The highest BCUT2D eigenvalue weighted by Gasteiger charge is 2.34. The topological polar surface area (TPSA) is 96.7 Å². The van der Waals surface area contributed by atoms with Crippen LogP contribution in [0.5, 0.6) is 0 Å². The molecule has 1 saturated heterocycles. The number of aryl methyl sites for hydroxylation is 1. The van der Waals surface area contributed by atoms with Crippen molar-refractivity contribution in [2.75, 3.05) is 6.54 Å². The van der Waals surface area contributed by atoms with Crippen molar-refractivity contribution >= 4 is 22.6 Å². The van der Waals surface area contributed by atoms with E-state index in [4.69, 9.17) is 10.9 Å². The molecule has 110 valence electrons. The summed E-state index contributed by atoms with van der Waals surface area (Å²) >= 11 is 0. The summed E-state index contributed by atoms with van der Waals surface area (Å²) in [5.41, 5.74) is 6.99. The van der Waals surface area contributed by atoms with Gasteiger partial charge in [0, 0.05) is 19.0 Å². The van der Waals surface area contributed by atoms with Crippen molar-refractivity contribution in [3.05, 3.63) is 30.0 Å². The minimum atomic E-state index is -0.358. The van der Waals surface area contributed by atoms with Crippen LogP contribution in [-0.4, -0.2) is 44.2 Å². The van der Waals surface area contributed by atoms with Gasteiger partial charge in [0.15, 0.2) is 11.5 Å². The second-order valence-corrected chi connectivity index (χ2v) is 5.17. The molecule has 21 heavy (non-hydrogen) atoms. The molecule has 0 bridgehead atoms. The van der Waals surface area contributed by atoms with Crippen LogP contribution in [-0.2, 0) is 7.05 Å². The SMILES string of the molecule is Cn1nc(C(=O)N2CCCC2/C(N)=N/O)c2ccccc21. The Morgan fingerprint density at radius 3 is 3.00 bits per heavy atom. The van der Waals surface area contributed by atoms with Gasteiger partial charge in [0.1, 0.15) is 0 Å². The minimum absolute atomic E-state index is 0.0705. The zero-order valence-electron chi connectivity index (χ0n) is 11.7. The number of hydrogen-bond acceptors (Lipinski definition) is 4. The Labute approximate surface area is 121 Å². The molecule has 0 radical (unpaired) electrons. The summed E-state index contributed by atoms with van der Waals surface area (Å²) in [6, 6.07) is 7.23. The second kappa shape index (κ2) is 5.08. The molecule has 1 aromatic heterocycles. The average Bonchev–Trinajstić information content (AvgIpc) is 3.11. The van der Waals surface area contributed by atoms with Gasteiger partial charge in [0.05, 0.1) is 11.6 Å². The number of amidine groups is 1. The molecule has 7 nitrogen and oxygen atoms in total. The molecule has 1 unspecified atom stereocenters. The van der Waals surface area contributed by atoms with E-state index in [1.807, 2.05) is 31.3 Å². The minimum Gasteiger partial charge on any atom is -0.409 e. The standard InChI is InChI=1S/C14H17N5O2/c1-18-10-6-3-2-5-9(10)12(16-18)14(20)19-8-4-7-11(19)13(15)17-21/h2-3,5-6,11,21H,4,7-8H2,1H3,(H2,15,17). The normalized spacial score (nSPS) is 19.4. The fourth-order valence-electron chi connectivity index (χ4n) is 2.89. The predicted molar refractivity (Wildman–Crippen MR) is 78.2 cm³/mol. The summed E-state index contributed by atoms with van der Waals surface area (Å²) < 4.78 is 1.69. The molecule has 0 spiro atoms. The van der Waals surface area contributed by atoms with Crippen LogP contribution in [0.25, 0.3) is 10.9 Å². The molecule has 0 aliphatic carbocycles. The predicted octanol–water partition coefficient (Wildman–Crippen LogP) is 0.924. The average molecular weight is 287 g/mol. The van der Waals surface area contributed by atoms with E-state index in [0.29, 0.717) is 18.7 Å². The van der Waals surface area contributed by atoms with Crippen LogP contribution in [0.15, 0.2) is 29.4 Å². The number of fused-ring (bicyclic) bond motifs is 1. The number of likely N-dealkylation sites (tertiary alicyclic amines) is 1. The van der Waals surface area contributed by atoms with Gasteiger partial charge in [-0.15, -0.1) is 0 Å². The molecule has 1 aliphatic rings. The Kier molecular flexibility index (Phi) is 3.25. The van der Waals surface area contributed by atoms with Crippen molar-refractivity contribution in [2.45, 2.75) is 18.9 Å². The summed E-state index contributed by atoms with van der Waals surface area (Å²) in [5, 5.41) is 17.0. The van der Waals surface area contributed by atoms with Crippen LogP contribution in [0, 0.1) is 0 Å². The van der Waals surface area contributed by atoms with Gasteiger partial charge in [0.25, 0.3) is 5.91 Å². The van der Waals surface area contributed by atoms with Gasteiger partial charge in [-0.3, -0.25) is 9.48 Å². The Morgan fingerprint density at radius 2 is 2.24 bits per heavy atom. The zero-order valence-corrected chi connectivity index (χ0v) is 11.7. The third kappa shape index (κ3) is 2.10. The van der Waals surface area contributed by atoms with Gasteiger partial charge < -0.3 is 15.8 Å². The van der Waals surface area contributed by atoms with Gasteiger partial charge in [-0.2, -0.15) is 5.10 Å². The van der Waals surface area contributed by atoms with Crippen molar-refractivity contribution in [2.24, 2.45) is 17.9 Å². The number of oxime groups is 1. The summed E-state index contributed by atoms with van der Waals surface area (Å²) in [5.74, 6) is -0.109.